The first-order valence-electron chi connectivity index (χ1n) is 12.0. The van der Waals surface area contributed by atoms with Gasteiger partial charge in [0.25, 0.3) is 0 Å². The Morgan fingerprint density at radius 3 is 1.92 bits per heavy atom. The van der Waals surface area contributed by atoms with Crippen molar-refractivity contribution in [1.29, 1.82) is 0 Å². The fourth-order valence-electron chi connectivity index (χ4n) is 5.06. The van der Waals surface area contributed by atoms with Crippen LogP contribution in [0.25, 0.3) is 28.0 Å². The number of hydrogen-bond donors (Lipinski definition) is 4. The second kappa shape index (κ2) is 8.71. The van der Waals surface area contributed by atoms with Crippen LogP contribution in [-0.2, 0) is 5.60 Å². The molecule has 0 unspecified atom stereocenters. The minimum atomic E-state index is -1.15. The minimum absolute atomic E-state index is 0.0233. The Labute approximate surface area is 218 Å². The number of hydrogen-bond acceptors (Lipinski definition) is 5. The molecule has 1 heterocycles. The van der Waals surface area contributed by atoms with E-state index in [0.29, 0.717) is 22.4 Å². The smallest absolute Gasteiger partial charge is 0.336 e. The molecule has 1 aliphatic rings. The van der Waals surface area contributed by atoms with Gasteiger partial charge in [0.15, 0.2) is 5.60 Å². The average Bonchev–Trinajstić information content (AvgIpc) is 2.93. The molecule has 6 heteroatoms. The number of phenolic OH excluding ortho intramolecular Hbond substituents is 3. The summed E-state index contributed by atoms with van der Waals surface area (Å²) in [6, 6.07) is 27.4. The summed E-state index contributed by atoms with van der Waals surface area (Å²) < 4.78 is 6.92. The number of carboxylic acid groups (broad SMARTS) is 1. The highest BCUT2D eigenvalue weighted by molar-refractivity contribution is 6.03. The molecule has 5 aromatic carbocycles. The molecule has 0 fully saturated rings. The molecule has 0 aliphatic carbocycles. The van der Waals surface area contributed by atoms with E-state index in [1.54, 1.807) is 54.6 Å². The summed E-state index contributed by atoms with van der Waals surface area (Å²) in [6.45, 7) is 0. The van der Waals surface area contributed by atoms with Gasteiger partial charge in [0.1, 0.15) is 23.0 Å². The Balaban J connectivity index is 1.65. The molecule has 0 aromatic heterocycles. The zero-order valence-electron chi connectivity index (χ0n) is 20.0. The van der Waals surface area contributed by atoms with Crippen molar-refractivity contribution in [1.82, 2.24) is 0 Å². The van der Waals surface area contributed by atoms with Crippen molar-refractivity contribution in [2.75, 3.05) is 0 Å². The van der Waals surface area contributed by atoms with E-state index >= 15 is 0 Å². The normalized spacial score (nSPS) is 13.6. The van der Waals surface area contributed by atoms with Crippen molar-refractivity contribution in [3.8, 4) is 34.1 Å². The maximum absolute atomic E-state index is 12.1. The van der Waals surface area contributed by atoms with E-state index in [0.717, 1.165) is 21.9 Å². The van der Waals surface area contributed by atoms with Crippen LogP contribution in [0.3, 0.4) is 0 Å². The van der Waals surface area contributed by atoms with Crippen LogP contribution in [0.15, 0.2) is 103 Å². The second-order valence-electron chi connectivity index (χ2n) is 9.19. The van der Waals surface area contributed by atoms with E-state index in [9.17, 15) is 25.2 Å². The first-order valence-corrected chi connectivity index (χ1v) is 12.0. The summed E-state index contributed by atoms with van der Waals surface area (Å²) in [5, 5.41) is 41.4. The Morgan fingerprint density at radius 1 is 0.684 bits per heavy atom. The molecule has 5 aromatic rings. The highest BCUT2D eigenvalue weighted by Gasteiger charge is 2.38. The molecule has 0 saturated carbocycles. The topological polar surface area (TPSA) is 107 Å². The molecule has 0 radical (unpaired) electrons. The first-order chi connectivity index (χ1) is 18.4. The van der Waals surface area contributed by atoms with Crippen molar-refractivity contribution in [2.45, 2.75) is 5.60 Å². The first kappa shape index (κ1) is 23.2. The molecule has 1 aliphatic heterocycles. The number of rotatable bonds is 4. The zero-order chi connectivity index (χ0) is 26.4. The van der Waals surface area contributed by atoms with E-state index < -0.39 is 11.6 Å². The predicted molar refractivity (Wildman–Crippen MR) is 145 cm³/mol. The van der Waals surface area contributed by atoms with Crippen LogP contribution in [0.2, 0.25) is 0 Å². The van der Waals surface area contributed by atoms with Gasteiger partial charge in [-0.3, -0.25) is 0 Å². The number of carboxylic acids is 1. The van der Waals surface area contributed by atoms with E-state index in [2.05, 4.69) is 0 Å². The minimum Gasteiger partial charge on any atom is -0.508 e. The molecule has 4 N–H and O–H groups in total. The van der Waals surface area contributed by atoms with Gasteiger partial charge < -0.3 is 25.2 Å². The molecule has 0 atom stereocenters. The quantitative estimate of drug-likeness (QED) is 0.219. The summed E-state index contributed by atoms with van der Waals surface area (Å²) in [5.41, 5.74) is 2.20. The maximum atomic E-state index is 12.1. The molecular formula is C32H22O6. The van der Waals surface area contributed by atoms with Gasteiger partial charge in [0, 0.05) is 22.1 Å². The third-order valence-corrected chi connectivity index (χ3v) is 6.90. The van der Waals surface area contributed by atoms with E-state index in [4.69, 9.17) is 4.74 Å². The standard InChI is InChI=1S/C32H22O6/c33-22-9-5-20(6-10-22)32(21-7-11-23(34)12-8-21)16-15-27-28(26-14-13-24(35)18-29(26)31(36)37)17-19-3-1-2-4-25(19)30(27)38-32/h1-18,33-35H,(H,36,37). The van der Waals surface area contributed by atoms with Crippen molar-refractivity contribution >= 4 is 22.8 Å². The molecule has 0 spiro atoms. The number of carbonyl (C=O) groups is 1. The van der Waals surface area contributed by atoms with Gasteiger partial charge in [-0.1, -0.05) is 48.5 Å². The molecule has 6 rings (SSSR count). The third-order valence-electron chi connectivity index (χ3n) is 6.90. The highest BCUT2D eigenvalue weighted by Crippen LogP contribution is 2.49. The lowest BCUT2D eigenvalue weighted by Crippen LogP contribution is -2.34. The summed E-state index contributed by atoms with van der Waals surface area (Å²) in [4.78, 5) is 12.1. The summed E-state index contributed by atoms with van der Waals surface area (Å²) in [7, 11) is 0. The molecule has 0 amide bonds. The van der Waals surface area contributed by atoms with Crippen LogP contribution in [0.4, 0.5) is 0 Å². The molecule has 186 valence electrons. The van der Waals surface area contributed by atoms with Crippen molar-refractivity contribution < 1.29 is 30.0 Å². The van der Waals surface area contributed by atoms with Gasteiger partial charge in [-0.2, -0.15) is 0 Å². The Hall–Kier alpha value is -5.23. The fraction of sp³-hybridized carbons (Fsp3) is 0.0312. The Bertz CT molecular complexity index is 1690. The Kier molecular flexibility index (Phi) is 5.31. The van der Waals surface area contributed by atoms with Gasteiger partial charge >= 0.3 is 5.97 Å². The fourth-order valence-corrected chi connectivity index (χ4v) is 5.06. The SMILES string of the molecule is O=C(O)c1cc(O)ccc1-c1cc2ccccc2c2c1C=CC(c1ccc(O)cc1)(c1ccc(O)cc1)O2. The average molecular weight is 503 g/mol. The second-order valence-corrected chi connectivity index (χ2v) is 9.19. The largest absolute Gasteiger partial charge is 0.508 e. The number of aromatic carboxylic acids is 1. The lowest BCUT2D eigenvalue weighted by Gasteiger charge is -2.37. The van der Waals surface area contributed by atoms with Crippen molar-refractivity contribution in [2.24, 2.45) is 0 Å². The Morgan fingerprint density at radius 2 is 1.29 bits per heavy atom. The summed E-state index contributed by atoms with van der Waals surface area (Å²) in [6.07, 6.45) is 3.81. The summed E-state index contributed by atoms with van der Waals surface area (Å²) >= 11 is 0. The van der Waals surface area contributed by atoms with E-state index in [1.165, 1.54) is 12.1 Å². The van der Waals surface area contributed by atoms with Crippen LogP contribution in [0, 0.1) is 0 Å². The van der Waals surface area contributed by atoms with Crippen LogP contribution in [-0.4, -0.2) is 26.4 Å². The van der Waals surface area contributed by atoms with Gasteiger partial charge in [-0.05, 0) is 77.2 Å². The number of aromatic hydroxyl groups is 3. The van der Waals surface area contributed by atoms with E-state index in [-0.39, 0.29) is 22.8 Å². The summed E-state index contributed by atoms with van der Waals surface area (Å²) in [5.74, 6) is -0.481. The van der Waals surface area contributed by atoms with Crippen molar-refractivity contribution in [3.63, 3.8) is 0 Å². The van der Waals surface area contributed by atoms with Crippen LogP contribution in [0.5, 0.6) is 23.0 Å². The third kappa shape index (κ3) is 3.71. The molecule has 6 nitrogen and oxygen atoms in total. The number of benzene rings is 5. The molecule has 38 heavy (non-hydrogen) atoms. The van der Waals surface area contributed by atoms with Crippen LogP contribution >= 0.6 is 0 Å². The lowest BCUT2D eigenvalue weighted by atomic mass is 9.81. The van der Waals surface area contributed by atoms with Gasteiger partial charge in [-0.15, -0.1) is 0 Å². The van der Waals surface area contributed by atoms with Crippen LogP contribution < -0.4 is 4.74 Å². The molecular weight excluding hydrogens is 480 g/mol. The lowest BCUT2D eigenvalue weighted by molar-refractivity contribution is 0.0697. The maximum Gasteiger partial charge on any atom is 0.336 e. The van der Waals surface area contributed by atoms with Crippen molar-refractivity contribution in [3.05, 3.63) is 125 Å². The van der Waals surface area contributed by atoms with Crippen LogP contribution in [0.1, 0.15) is 27.0 Å². The number of phenols is 3. The zero-order valence-corrected chi connectivity index (χ0v) is 20.0. The monoisotopic (exact) mass is 502 g/mol. The number of fused-ring (bicyclic) bond motifs is 3. The van der Waals surface area contributed by atoms with Gasteiger partial charge in [0.05, 0.1) is 5.56 Å². The molecule has 0 saturated heterocycles. The van der Waals surface area contributed by atoms with E-state index in [1.807, 2.05) is 42.5 Å². The van der Waals surface area contributed by atoms with Gasteiger partial charge in [0.2, 0.25) is 0 Å². The highest BCUT2D eigenvalue weighted by atomic mass is 16.5. The predicted octanol–water partition coefficient (Wildman–Crippen LogP) is 6.67. The van der Waals surface area contributed by atoms with Gasteiger partial charge in [-0.25, -0.2) is 4.79 Å². The molecule has 0 bridgehead atoms. The number of ether oxygens (including phenoxy) is 1.